The van der Waals surface area contributed by atoms with Crippen molar-refractivity contribution in [3.05, 3.63) is 20.6 Å². The van der Waals surface area contributed by atoms with E-state index in [2.05, 4.69) is 30.6 Å². The van der Waals surface area contributed by atoms with E-state index >= 15 is 0 Å². The molecule has 16 heavy (non-hydrogen) atoms. The standard InChI is InChI=1S/C6H3BrClN3O2S3/c7-3-1-10-6(14-3)11-16(12,13)4-2-9-5(8)15-4/h1-2H,(H,10,11). The lowest BCUT2D eigenvalue weighted by Crippen LogP contribution is -2.11. The molecule has 0 amide bonds. The summed E-state index contributed by atoms with van der Waals surface area (Å²) >= 11 is 10.8. The maximum Gasteiger partial charge on any atom is 0.274 e. The molecule has 0 bridgehead atoms. The van der Waals surface area contributed by atoms with Gasteiger partial charge in [-0.3, -0.25) is 4.72 Å². The van der Waals surface area contributed by atoms with Gasteiger partial charge in [-0.05, 0) is 15.9 Å². The zero-order valence-corrected chi connectivity index (χ0v) is 12.1. The molecule has 0 radical (unpaired) electrons. The van der Waals surface area contributed by atoms with Crippen LogP contribution in [0.3, 0.4) is 0 Å². The van der Waals surface area contributed by atoms with Gasteiger partial charge in [-0.2, -0.15) is 0 Å². The zero-order valence-electron chi connectivity index (χ0n) is 7.35. The lowest BCUT2D eigenvalue weighted by Gasteiger charge is -2.00. The molecule has 0 aliphatic heterocycles. The van der Waals surface area contributed by atoms with Crippen molar-refractivity contribution in [2.24, 2.45) is 0 Å². The zero-order chi connectivity index (χ0) is 11.8. The van der Waals surface area contributed by atoms with E-state index in [1.165, 1.54) is 23.7 Å². The van der Waals surface area contributed by atoms with E-state index in [4.69, 9.17) is 11.6 Å². The second-order valence-electron chi connectivity index (χ2n) is 2.51. The Balaban J connectivity index is 2.27. The van der Waals surface area contributed by atoms with Crippen LogP contribution in [-0.2, 0) is 10.0 Å². The third-order valence-electron chi connectivity index (χ3n) is 1.42. The average Bonchev–Trinajstić information content (AvgIpc) is 2.75. The van der Waals surface area contributed by atoms with Crippen molar-refractivity contribution in [1.29, 1.82) is 0 Å². The fourth-order valence-electron chi connectivity index (χ4n) is 0.830. The van der Waals surface area contributed by atoms with Crippen molar-refractivity contribution in [3.8, 4) is 0 Å². The van der Waals surface area contributed by atoms with Crippen molar-refractivity contribution in [1.82, 2.24) is 9.97 Å². The fraction of sp³-hybridized carbons (Fsp3) is 0. The molecule has 0 aliphatic rings. The van der Waals surface area contributed by atoms with E-state index in [9.17, 15) is 8.42 Å². The summed E-state index contributed by atoms with van der Waals surface area (Å²) < 4.78 is 26.9. The Bertz CT molecular complexity index is 608. The molecule has 0 atom stereocenters. The summed E-state index contributed by atoms with van der Waals surface area (Å²) in [7, 11) is -3.63. The maximum absolute atomic E-state index is 11.8. The third-order valence-corrected chi connectivity index (χ3v) is 5.86. The predicted octanol–water partition coefficient (Wildman–Crippen LogP) is 2.82. The van der Waals surface area contributed by atoms with Crippen molar-refractivity contribution in [3.63, 3.8) is 0 Å². The summed E-state index contributed by atoms with van der Waals surface area (Å²) in [5.41, 5.74) is 0. The van der Waals surface area contributed by atoms with Crippen LogP contribution in [-0.4, -0.2) is 18.4 Å². The second-order valence-corrected chi connectivity index (χ2v) is 8.44. The molecule has 0 aromatic carbocycles. The van der Waals surface area contributed by atoms with Crippen LogP contribution in [0.5, 0.6) is 0 Å². The number of halogens is 2. The van der Waals surface area contributed by atoms with Gasteiger partial charge in [0.15, 0.2) is 13.8 Å². The predicted molar refractivity (Wildman–Crippen MR) is 67.7 cm³/mol. The van der Waals surface area contributed by atoms with Crippen molar-refractivity contribution in [2.45, 2.75) is 4.21 Å². The molecule has 5 nitrogen and oxygen atoms in total. The number of aromatic nitrogens is 2. The number of hydrogen-bond donors (Lipinski definition) is 1. The van der Waals surface area contributed by atoms with Gasteiger partial charge in [0.1, 0.15) is 0 Å². The van der Waals surface area contributed by atoms with Crippen LogP contribution in [0, 0.1) is 0 Å². The number of anilines is 1. The SMILES string of the molecule is O=S(=O)(Nc1ncc(Br)s1)c1cnc(Cl)s1. The van der Waals surface area contributed by atoms with E-state index in [0.717, 1.165) is 15.1 Å². The number of sulfonamides is 1. The Labute approximate surface area is 113 Å². The van der Waals surface area contributed by atoms with E-state index in [1.54, 1.807) is 0 Å². The van der Waals surface area contributed by atoms with Crippen LogP contribution in [0.1, 0.15) is 0 Å². The molecule has 0 saturated carbocycles. The van der Waals surface area contributed by atoms with Crippen LogP contribution in [0.25, 0.3) is 0 Å². The summed E-state index contributed by atoms with van der Waals surface area (Å²) in [4.78, 5) is 7.53. The van der Waals surface area contributed by atoms with Gasteiger partial charge in [0.05, 0.1) is 16.2 Å². The summed E-state index contributed by atoms with van der Waals surface area (Å²) in [6, 6.07) is 0. The highest BCUT2D eigenvalue weighted by molar-refractivity contribution is 9.11. The third kappa shape index (κ3) is 2.72. The number of hydrogen-bond acceptors (Lipinski definition) is 6. The minimum atomic E-state index is -3.63. The summed E-state index contributed by atoms with van der Waals surface area (Å²) in [6.45, 7) is 0. The van der Waals surface area contributed by atoms with Crippen LogP contribution in [0.15, 0.2) is 20.4 Å². The van der Waals surface area contributed by atoms with Crippen molar-refractivity contribution in [2.75, 3.05) is 4.72 Å². The second kappa shape index (κ2) is 4.57. The Kier molecular flexibility index (Phi) is 3.50. The van der Waals surface area contributed by atoms with E-state index in [-0.39, 0.29) is 13.8 Å². The van der Waals surface area contributed by atoms with Crippen LogP contribution in [0.2, 0.25) is 4.47 Å². The number of nitrogens with one attached hydrogen (secondary N) is 1. The Hall–Kier alpha value is -0.220. The quantitative estimate of drug-likeness (QED) is 0.913. The molecule has 2 rings (SSSR count). The lowest BCUT2D eigenvalue weighted by molar-refractivity contribution is 0.603. The first kappa shape index (κ1) is 12.2. The molecule has 0 saturated heterocycles. The summed E-state index contributed by atoms with van der Waals surface area (Å²) in [5.74, 6) is 0. The lowest BCUT2D eigenvalue weighted by atomic mass is 11.0. The highest BCUT2D eigenvalue weighted by Gasteiger charge is 2.19. The summed E-state index contributed by atoms with van der Waals surface area (Å²) in [6.07, 6.45) is 2.72. The van der Waals surface area contributed by atoms with Gasteiger partial charge in [0.2, 0.25) is 0 Å². The van der Waals surface area contributed by atoms with Gasteiger partial charge in [-0.1, -0.05) is 34.3 Å². The molecule has 2 aromatic rings. The molecule has 10 heteroatoms. The van der Waals surface area contributed by atoms with Crippen molar-refractivity contribution < 1.29 is 8.42 Å². The van der Waals surface area contributed by atoms with E-state index in [1.807, 2.05) is 0 Å². The van der Waals surface area contributed by atoms with E-state index in [0.29, 0.717) is 0 Å². The molecular weight excluding hydrogens is 358 g/mol. The maximum atomic E-state index is 11.8. The van der Waals surface area contributed by atoms with Crippen molar-refractivity contribution >= 4 is 65.4 Å². The van der Waals surface area contributed by atoms with Gasteiger partial charge in [0.25, 0.3) is 10.0 Å². The molecular formula is C6H3BrClN3O2S3. The molecule has 0 fully saturated rings. The van der Waals surface area contributed by atoms with E-state index < -0.39 is 10.0 Å². The number of rotatable bonds is 3. The van der Waals surface area contributed by atoms with Gasteiger partial charge < -0.3 is 0 Å². The minimum Gasteiger partial charge on any atom is -0.254 e. The van der Waals surface area contributed by atoms with Crippen LogP contribution >= 0.6 is 50.2 Å². The molecule has 2 heterocycles. The highest BCUT2D eigenvalue weighted by atomic mass is 79.9. The Morgan fingerprint density at radius 1 is 1.31 bits per heavy atom. The summed E-state index contributed by atoms with van der Waals surface area (Å²) in [5, 5.41) is 0.288. The smallest absolute Gasteiger partial charge is 0.254 e. The number of thiazole rings is 2. The van der Waals surface area contributed by atoms with Crippen LogP contribution < -0.4 is 4.72 Å². The topological polar surface area (TPSA) is 72.0 Å². The molecule has 86 valence electrons. The molecule has 0 aliphatic carbocycles. The van der Waals surface area contributed by atoms with Crippen LogP contribution in [0.4, 0.5) is 5.13 Å². The normalized spacial score (nSPS) is 11.6. The largest absolute Gasteiger partial charge is 0.274 e. The number of nitrogens with zero attached hydrogens (tertiary/aromatic N) is 2. The molecule has 1 N–H and O–H groups in total. The average molecular weight is 361 g/mol. The van der Waals surface area contributed by atoms with Gasteiger partial charge in [-0.25, -0.2) is 18.4 Å². The minimum absolute atomic E-state index is 0.0591. The van der Waals surface area contributed by atoms with Gasteiger partial charge in [0, 0.05) is 0 Å². The first-order valence-electron chi connectivity index (χ1n) is 3.73. The first-order chi connectivity index (χ1) is 7.47. The fourth-order valence-corrected chi connectivity index (χ4v) is 4.47. The Morgan fingerprint density at radius 3 is 2.56 bits per heavy atom. The Morgan fingerprint density at radius 2 is 2.06 bits per heavy atom. The van der Waals surface area contributed by atoms with Gasteiger partial charge >= 0.3 is 0 Å². The first-order valence-corrected chi connectivity index (χ1v) is 8.01. The molecule has 2 aromatic heterocycles. The monoisotopic (exact) mass is 359 g/mol. The highest BCUT2D eigenvalue weighted by Crippen LogP contribution is 2.28. The van der Waals surface area contributed by atoms with Gasteiger partial charge in [-0.15, -0.1) is 0 Å². The molecule has 0 spiro atoms. The molecule has 0 unspecified atom stereocenters.